The van der Waals surface area contributed by atoms with Crippen molar-refractivity contribution in [2.75, 3.05) is 13.1 Å². The second-order valence-electron chi connectivity index (χ2n) is 6.02. The summed E-state index contributed by atoms with van der Waals surface area (Å²) in [4.78, 5) is 26.8. The van der Waals surface area contributed by atoms with Crippen molar-refractivity contribution in [1.82, 2.24) is 4.90 Å². The quantitative estimate of drug-likeness (QED) is 0.853. The van der Waals surface area contributed by atoms with Crippen LogP contribution in [0.1, 0.15) is 17.7 Å². The Labute approximate surface area is 149 Å². The number of benzene rings is 1. The third-order valence-electron chi connectivity index (χ3n) is 4.37. The van der Waals surface area contributed by atoms with Crippen molar-refractivity contribution in [2.45, 2.75) is 12.8 Å². The zero-order valence-corrected chi connectivity index (χ0v) is 14.5. The van der Waals surface area contributed by atoms with Gasteiger partial charge in [-0.05, 0) is 37.1 Å². The van der Waals surface area contributed by atoms with Gasteiger partial charge in [0.05, 0.1) is 0 Å². The van der Waals surface area contributed by atoms with Gasteiger partial charge in [-0.15, -0.1) is 11.3 Å². The van der Waals surface area contributed by atoms with Crippen molar-refractivity contribution in [3.8, 4) is 10.4 Å². The molecule has 3 rings (SSSR count). The Hall–Kier alpha value is -2.47. The zero-order valence-electron chi connectivity index (χ0n) is 13.7. The van der Waals surface area contributed by atoms with Crippen LogP contribution in [0.5, 0.6) is 0 Å². The number of carbonyl (C=O) groups excluding carboxylic acids is 2. The maximum Gasteiger partial charge on any atom is 0.246 e. The lowest BCUT2D eigenvalue weighted by molar-refractivity contribution is -0.130. The molecular formula is C19H19FN2O2S. The molecule has 1 saturated heterocycles. The molecule has 4 nitrogen and oxygen atoms in total. The van der Waals surface area contributed by atoms with Gasteiger partial charge in [-0.2, -0.15) is 0 Å². The molecule has 1 fully saturated rings. The SMILES string of the molecule is NC(=O)C1CCN(C(=O)/C=C/c2ccc(-c3ccccc3F)s2)CC1. The first-order valence-corrected chi connectivity index (χ1v) is 8.97. The molecule has 0 radical (unpaired) electrons. The summed E-state index contributed by atoms with van der Waals surface area (Å²) in [7, 11) is 0. The molecule has 2 amide bonds. The van der Waals surface area contributed by atoms with Gasteiger partial charge in [-0.1, -0.05) is 18.2 Å². The van der Waals surface area contributed by atoms with Crippen molar-refractivity contribution in [1.29, 1.82) is 0 Å². The standard InChI is InChI=1S/C19H19FN2O2S/c20-16-4-2-1-3-15(16)17-7-5-14(25-17)6-8-18(23)22-11-9-13(10-12-22)19(21)24/h1-8,13H,9-12H2,(H2,21,24)/b8-6+. The van der Waals surface area contributed by atoms with Crippen LogP contribution in [0.2, 0.25) is 0 Å². The maximum absolute atomic E-state index is 13.8. The van der Waals surface area contributed by atoms with Crippen molar-refractivity contribution in [3.63, 3.8) is 0 Å². The number of thiophene rings is 1. The van der Waals surface area contributed by atoms with Gasteiger partial charge < -0.3 is 10.6 Å². The Balaban J connectivity index is 1.62. The van der Waals surface area contributed by atoms with Gasteiger partial charge in [0.2, 0.25) is 11.8 Å². The van der Waals surface area contributed by atoms with Crippen molar-refractivity contribution in [2.24, 2.45) is 11.7 Å². The van der Waals surface area contributed by atoms with Crippen LogP contribution in [-0.4, -0.2) is 29.8 Å². The highest BCUT2D eigenvalue weighted by molar-refractivity contribution is 7.16. The summed E-state index contributed by atoms with van der Waals surface area (Å²) in [5, 5.41) is 0. The Morgan fingerprint density at radius 3 is 2.56 bits per heavy atom. The van der Waals surface area contributed by atoms with E-state index in [0.29, 0.717) is 31.5 Å². The number of hydrogen-bond donors (Lipinski definition) is 1. The van der Waals surface area contributed by atoms with Crippen LogP contribution in [-0.2, 0) is 9.59 Å². The first-order valence-electron chi connectivity index (χ1n) is 8.15. The number of nitrogens with zero attached hydrogens (tertiary/aromatic N) is 1. The molecule has 2 N–H and O–H groups in total. The highest BCUT2D eigenvalue weighted by atomic mass is 32.1. The first kappa shape index (κ1) is 17.4. The summed E-state index contributed by atoms with van der Waals surface area (Å²) in [6.07, 6.45) is 4.51. The van der Waals surface area contributed by atoms with Crippen LogP contribution in [0.4, 0.5) is 4.39 Å². The van der Waals surface area contributed by atoms with E-state index in [1.165, 1.54) is 23.5 Å². The number of primary amides is 1. The average Bonchev–Trinajstić information content (AvgIpc) is 3.09. The molecule has 0 unspecified atom stereocenters. The lowest BCUT2D eigenvalue weighted by Crippen LogP contribution is -2.41. The number of hydrogen-bond acceptors (Lipinski definition) is 3. The van der Waals surface area contributed by atoms with E-state index < -0.39 is 0 Å². The minimum Gasteiger partial charge on any atom is -0.369 e. The van der Waals surface area contributed by atoms with Gasteiger partial charge in [0.25, 0.3) is 0 Å². The van der Waals surface area contributed by atoms with Gasteiger partial charge >= 0.3 is 0 Å². The highest BCUT2D eigenvalue weighted by Gasteiger charge is 2.24. The van der Waals surface area contributed by atoms with Gasteiger partial charge in [0, 0.05) is 40.4 Å². The molecule has 25 heavy (non-hydrogen) atoms. The number of halogens is 1. The predicted octanol–water partition coefficient (Wildman–Crippen LogP) is 3.29. The number of carbonyl (C=O) groups is 2. The van der Waals surface area contributed by atoms with Gasteiger partial charge in [-0.25, -0.2) is 4.39 Å². The van der Waals surface area contributed by atoms with Crippen molar-refractivity contribution >= 4 is 29.2 Å². The van der Waals surface area contributed by atoms with Crippen LogP contribution in [0.25, 0.3) is 16.5 Å². The maximum atomic E-state index is 13.8. The molecule has 6 heteroatoms. The summed E-state index contributed by atoms with van der Waals surface area (Å²) in [6.45, 7) is 1.09. The van der Waals surface area contributed by atoms with E-state index in [1.807, 2.05) is 12.1 Å². The first-order chi connectivity index (χ1) is 12.0. The third-order valence-corrected chi connectivity index (χ3v) is 5.45. The Morgan fingerprint density at radius 2 is 1.88 bits per heavy atom. The molecule has 0 spiro atoms. The number of likely N-dealkylation sites (tertiary alicyclic amines) is 1. The lowest BCUT2D eigenvalue weighted by atomic mass is 9.96. The van der Waals surface area contributed by atoms with E-state index in [2.05, 4.69) is 0 Å². The Morgan fingerprint density at radius 1 is 1.16 bits per heavy atom. The minimum absolute atomic E-state index is 0.0798. The molecule has 1 aromatic carbocycles. The zero-order chi connectivity index (χ0) is 17.8. The largest absolute Gasteiger partial charge is 0.369 e. The van der Waals surface area contributed by atoms with Crippen LogP contribution >= 0.6 is 11.3 Å². The predicted molar refractivity (Wildman–Crippen MR) is 97.2 cm³/mol. The molecule has 0 bridgehead atoms. The monoisotopic (exact) mass is 358 g/mol. The number of rotatable bonds is 4. The smallest absolute Gasteiger partial charge is 0.246 e. The summed E-state index contributed by atoms with van der Waals surface area (Å²) in [5.41, 5.74) is 5.86. The van der Waals surface area contributed by atoms with Crippen LogP contribution in [0.15, 0.2) is 42.5 Å². The molecule has 0 atom stereocenters. The van der Waals surface area contributed by atoms with E-state index >= 15 is 0 Å². The third kappa shape index (κ3) is 4.14. The molecule has 1 aromatic heterocycles. The van der Waals surface area contributed by atoms with Crippen LogP contribution in [0, 0.1) is 11.7 Å². The van der Waals surface area contributed by atoms with E-state index in [0.717, 1.165) is 9.75 Å². The van der Waals surface area contributed by atoms with Crippen molar-refractivity contribution in [3.05, 3.63) is 53.2 Å². The summed E-state index contributed by atoms with van der Waals surface area (Å²) in [6, 6.07) is 10.4. The highest BCUT2D eigenvalue weighted by Crippen LogP contribution is 2.30. The van der Waals surface area contributed by atoms with Crippen LogP contribution in [0.3, 0.4) is 0 Å². The van der Waals surface area contributed by atoms with E-state index in [4.69, 9.17) is 5.73 Å². The number of piperidine rings is 1. The Bertz CT molecular complexity index is 807. The topological polar surface area (TPSA) is 63.4 Å². The van der Waals surface area contributed by atoms with Crippen LogP contribution < -0.4 is 5.73 Å². The van der Waals surface area contributed by atoms with E-state index in [9.17, 15) is 14.0 Å². The lowest BCUT2D eigenvalue weighted by Gasteiger charge is -2.29. The second kappa shape index (κ2) is 7.61. The average molecular weight is 358 g/mol. The fourth-order valence-corrected chi connectivity index (χ4v) is 3.83. The fourth-order valence-electron chi connectivity index (χ4n) is 2.89. The second-order valence-corrected chi connectivity index (χ2v) is 7.13. The Kier molecular flexibility index (Phi) is 5.28. The van der Waals surface area contributed by atoms with E-state index in [-0.39, 0.29) is 23.5 Å². The minimum atomic E-state index is -0.290. The summed E-state index contributed by atoms with van der Waals surface area (Å²) >= 11 is 1.43. The van der Waals surface area contributed by atoms with Gasteiger partial charge in [-0.3, -0.25) is 9.59 Å². The number of nitrogens with two attached hydrogens (primary N) is 1. The summed E-state index contributed by atoms with van der Waals surface area (Å²) < 4.78 is 13.8. The normalized spacial score (nSPS) is 15.6. The molecular weight excluding hydrogens is 339 g/mol. The summed E-state index contributed by atoms with van der Waals surface area (Å²) in [5.74, 6) is -0.757. The number of amides is 2. The molecule has 2 aromatic rings. The molecule has 1 aliphatic rings. The molecule has 2 heterocycles. The molecule has 0 aliphatic carbocycles. The molecule has 0 saturated carbocycles. The fraction of sp³-hybridized carbons (Fsp3) is 0.263. The van der Waals surface area contributed by atoms with Gasteiger partial charge in [0.1, 0.15) is 5.82 Å². The van der Waals surface area contributed by atoms with Crippen molar-refractivity contribution < 1.29 is 14.0 Å². The van der Waals surface area contributed by atoms with Gasteiger partial charge in [0.15, 0.2) is 0 Å². The molecule has 130 valence electrons. The molecule has 1 aliphatic heterocycles. The van der Waals surface area contributed by atoms with E-state index in [1.54, 1.807) is 29.2 Å².